The number of ether oxygens (including phenoxy) is 2. The van der Waals surface area contributed by atoms with Gasteiger partial charge in [0.05, 0.1) is 22.6 Å². The minimum atomic E-state index is -0.582. The van der Waals surface area contributed by atoms with Crippen LogP contribution in [-0.4, -0.2) is 41.7 Å². The van der Waals surface area contributed by atoms with Gasteiger partial charge in [-0.1, -0.05) is 0 Å². The molecule has 1 N–H and O–H groups in total. The van der Waals surface area contributed by atoms with Crippen LogP contribution in [0.2, 0.25) is 0 Å². The lowest BCUT2D eigenvalue weighted by Gasteiger charge is -2.13. The Morgan fingerprint density at radius 3 is 2.44 bits per heavy atom. The van der Waals surface area contributed by atoms with Crippen LogP contribution in [0.25, 0.3) is 6.08 Å². The van der Waals surface area contributed by atoms with E-state index in [2.05, 4.69) is 21.2 Å². The molecular weight excluding hydrogens is 503 g/mol. The van der Waals surface area contributed by atoms with E-state index in [-0.39, 0.29) is 4.91 Å². The van der Waals surface area contributed by atoms with Crippen molar-refractivity contribution in [3.05, 3.63) is 57.2 Å². The van der Waals surface area contributed by atoms with Crippen LogP contribution in [0.5, 0.6) is 11.5 Å². The topological polar surface area (TPSA) is 84.9 Å². The molecule has 1 aliphatic heterocycles. The summed E-state index contributed by atoms with van der Waals surface area (Å²) in [6.07, 6.45) is 1.55. The van der Waals surface area contributed by atoms with Gasteiger partial charge in [-0.2, -0.15) is 0 Å². The minimum Gasteiger partial charge on any atom is -0.493 e. The maximum atomic E-state index is 13.0. The third-order valence-electron chi connectivity index (χ3n) is 4.25. The number of nitrogens with zero attached hydrogens (tertiary/aromatic N) is 1. The van der Waals surface area contributed by atoms with E-state index in [0.29, 0.717) is 40.4 Å². The van der Waals surface area contributed by atoms with E-state index in [1.807, 2.05) is 13.8 Å². The van der Waals surface area contributed by atoms with E-state index in [9.17, 15) is 18.8 Å². The molecule has 3 rings (SSSR count). The molecule has 2 aromatic carbocycles. The van der Waals surface area contributed by atoms with Crippen molar-refractivity contribution in [3.8, 4) is 11.5 Å². The number of carbonyl (C=O) groups is 3. The normalized spacial score (nSPS) is 14.8. The number of halogens is 2. The second-order valence-electron chi connectivity index (χ2n) is 6.51. The molecule has 0 aliphatic carbocycles. The molecule has 1 aliphatic rings. The lowest BCUT2D eigenvalue weighted by Crippen LogP contribution is -2.36. The van der Waals surface area contributed by atoms with E-state index in [4.69, 9.17) is 9.47 Å². The summed E-state index contributed by atoms with van der Waals surface area (Å²) < 4.78 is 24.9. The van der Waals surface area contributed by atoms with Crippen LogP contribution in [0.3, 0.4) is 0 Å². The van der Waals surface area contributed by atoms with Crippen molar-refractivity contribution in [2.45, 2.75) is 13.8 Å². The molecule has 168 valence electrons. The average Bonchev–Trinajstić information content (AvgIpc) is 3.00. The number of rotatable bonds is 8. The highest BCUT2D eigenvalue weighted by Gasteiger charge is 2.36. The Morgan fingerprint density at radius 1 is 1.12 bits per heavy atom. The second kappa shape index (κ2) is 10.6. The summed E-state index contributed by atoms with van der Waals surface area (Å²) in [4.78, 5) is 38.5. The molecule has 0 spiro atoms. The third-order valence-corrected chi connectivity index (χ3v) is 5.78. The van der Waals surface area contributed by atoms with Crippen molar-refractivity contribution in [3.63, 3.8) is 0 Å². The molecule has 0 saturated carbocycles. The van der Waals surface area contributed by atoms with Crippen LogP contribution in [0.1, 0.15) is 19.4 Å². The Morgan fingerprint density at radius 2 is 1.78 bits per heavy atom. The third kappa shape index (κ3) is 5.68. The van der Waals surface area contributed by atoms with Crippen LogP contribution in [0.4, 0.5) is 14.9 Å². The Labute approximate surface area is 197 Å². The molecule has 0 unspecified atom stereocenters. The average molecular weight is 523 g/mol. The number of thioether (sulfide) groups is 1. The van der Waals surface area contributed by atoms with E-state index in [1.165, 1.54) is 24.3 Å². The summed E-state index contributed by atoms with van der Waals surface area (Å²) in [7, 11) is 0. The van der Waals surface area contributed by atoms with Gasteiger partial charge in [0.2, 0.25) is 5.91 Å². The van der Waals surface area contributed by atoms with Crippen LogP contribution in [0.15, 0.2) is 45.8 Å². The first-order valence-corrected chi connectivity index (χ1v) is 11.3. The summed E-state index contributed by atoms with van der Waals surface area (Å²) in [5, 5.41) is 1.98. The zero-order chi connectivity index (χ0) is 23.3. The molecule has 2 aromatic rings. The standard InChI is InChI=1S/C22H20BrFN2O5S/c1-3-30-17-11-18(31-4-2)16(23)9-13(17)10-19-21(28)26(22(29)32-19)12-20(27)25-15-7-5-14(24)6-8-15/h5-11H,3-4,12H2,1-2H3,(H,25,27)/b19-10-. The molecule has 0 atom stereocenters. The van der Waals surface area contributed by atoms with Crippen molar-refractivity contribution >= 4 is 56.5 Å². The maximum Gasteiger partial charge on any atom is 0.294 e. The van der Waals surface area contributed by atoms with Crippen molar-refractivity contribution in [1.82, 2.24) is 4.90 Å². The summed E-state index contributed by atoms with van der Waals surface area (Å²) in [5.74, 6) is -0.495. The number of benzene rings is 2. The predicted octanol–water partition coefficient (Wildman–Crippen LogP) is 5.06. The van der Waals surface area contributed by atoms with Gasteiger partial charge >= 0.3 is 0 Å². The highest BCUT2D eigenvalue weighted by Crippen LogP contribution is 2.38. The quantitative estimate of drug-likeness (QED) is 0.487. The number of hydrogen-bond acceptors (Lipinski definition) is 6. The van der Waals surface area contributed by atoms with Gasteiger partial charge in [-0.3, -0.25) is 19.3 Å². The first-order valence-electron chi connectivity index (χ1n) is 9.72. The molecule has 7 nitrogen and oxygen atoms in total. The van der Waals surface area contributed by atoms with Crippen LogP contribution in [-0.2, 0) is 9.59 Å². The van der Waals surface area contributed by atoms with Crippen LogP contribution >= 0.6 is 27.7 Å². The monoisotopic (exact) mass is 522 g/mol. The van der Waals surface area contributed by atoms with Gasteiger partial charge in [-0.05, 0) is 77.9 Å². The number of hydrogen-bond donors (Lipinski definition) is 1. The van der Waals surface area contributed by atoms with Gasteiger partial charge in [-0.25, -0.2) is 4.39 Å². The van der Waals surface area contributed by atoms with E-state index < -0.39 is 29.4 Å². The Balaban J connectivity index is 1.78. The fourth-order valence-electron chi connectivity index (χ4n) is 2.86. The number of amides is 3. The molecule has 0 aromatic heterocycles. The SMILES string of the molecule is CCOc1cc(OCC)c(/C=C2\SC(=O)N(CC(=O)Nc3ccc(F)cc3)C2=O)cc1Br. The second-order valence-corrected chi connectivity index (χ2v) is 8.36. The maximum absolute atomic E-state index is 13.0. The molecular formula is C22H20BrFN2O5S. The molecule has 3 amide bonds. The largest absolute Gasteiger partial charge is 0.493 e. The lowest BCUT2D eigenvalue weighted by molar-refractivity contribution is -0.127. The Kier molecular flexibility index (Phi) is 7.92. The van der Waals surface area contributed by atoms with Gasteiger partial charge in [-0.15, -0.1) is 0 Å². The van der Waals surface area contributed by atoms with Gasteiger partial charge in [0.15, 0.2) is 0 Å². The number of anilines is 1. The minimum absolute atomic E-state index is 0.168. The van der Waals surface area contributed by atoms with E-state index >= 15 is 0 Å². The molecule has 1 saturated heterocycles. The highest BCUT2D eigenvalue weighted by molar-refractivity contribution is 9.10. The highest BCUT2D eigenvalue weighted by atomic mass is 79.9. The molecule has 10 heteroatoms. The first-order chi connectivity index (χ1) is 15.3. The summed E-state index contributed by atoms with van der Waals surface area (Å²) in [6.45, 7) is 4.12. The molecule has 1 fully saturated rings. The van der Waals surface area contributed by atoms with Gasteiger partial charge in [0, 0.05) is 17.3 Å². The number of nitrogens with one attached hydrogen (secondary N) is 1. The van der Waals surface area contributed by atoms with Crippen LogP contribution in [0, 0.1) is 5.82 Å². The first kappa shape index (κ1) is 23.8. The number of carbonyl (C=O) groups excluding carboxylic acids is 3. The fourth-order valence-corrected chi connectivity index (χ4v) is 4.17. The smallest absolute Gasteiger partial charge is 0.294 e. The van der Waals surface area contributed by atoms with Crippen molar-refractivity contribution in [2.75, 3.05) is 25.1 Å². The summed E-state index contributed by atoms with van der Waals surface area (Å²) in [6, 6.07) is 8.63. The van der Waals surface area contributed by atoms with Crippen molar-refractivity contribution in [1.29, 1.82) is 0 Å². The van der Waals surface area contributed by atoms with Gasteiger partial charge in [0.1, 0.15) is 23.9 Å². The van der Waals surface area contributed by atoms with Crippen molar-refractivity contribution in [2.24, 2.45) is 0 Å². The molecule has 0 radical (unpaired) electrons. The fraction of sp³-hybridized carbons (Fsp3) is 0.227. The molecule has 0 bridgehead atoms. The number of imide groups is 1. The Bertz CT molecular complexity index is 1070. The molecule has 1 heterocycles. The lowest BCUT2D eigenvalue weighted by atomic mass is 10.1. The van der Waals surface area contributed by atoms with Gasteiger partial charge < -0.3 is 14.8 Å². The zero-order valence-corrected chi connectivity index (χ0v) is 19.7. The van der Waals surface area contributed by atoms with Crippen molar-refractivity contribution < 1.29 is 28.2 Å². The predicted molar refractivity (Wildman–Crippen MR) is 124 cm³/mol. The molecule has 32 heavy (non-hydrogen) atoms. The van der Waals surface area contributed by atoms with Crippen LogP contribution < -0.4 is 14.8 Å². The van der Waals surface area contributed by atoms with E-state index in [1.54, 1.807) is 18.2 Å². The summed E-state index contributed by atoms with van der Waals surface area (Å²) >= 11 is 4.18. The zero-order valence-electron chi connectivity index (χ0n) is 17.3. The summed E-state index contributed by atoms with van der Waals surface area (Å²) in [5.41, 5.74) is 0.947. The Hall–Kier alpha value is -2.85. The van der Waals surface area contributed by atoms with E-state index in [0.717, 1.165) is 16.7 Å². The van der Waals surface area contributed by atoms with Gasteiger partial charge in [0.25, 0.3) is 11.1 Å².